The summed E-state index contributed by atoms with van der Waals surface area (Å²) in [5.74, 6) is -2.19. The molecule has 0 amide bonds. The van der Waals surface area contributed by atoms with Gasteiger partial charge in [-0.2, -0.15) is 8.42 Å². The zero-order valence-electron chi connectivity index (χ0n) is 25.5. The highest BCUT2D eigenvalue weighted by atomic mass is 32.2. The average Bonchev–Trinajstić information content (AvgIpc) is 2.95. The van der Waals surface area contributed by atoms with Crippen molar-refractivity contribution in [3.8, 4) is 5.75 Å². The summed E-state index contributed by atoms with van der Waals surface area (Å²) < 4.78 is 79.6. The minimum Gasteiger partial charge on any atom is -0.490 e. The van der Waals surface area contributed by atoms with E-state index in [-0.39, 0.29) is 19.3 Å². The molecule has 0 spiro atoms. The van der Waals surface area contributed by atoms with Crippen molar-refractivity contribution in [1.29, 1.82) is 0 Å². The normalized spacial score (nSPS) is 16.1. The largest absolute Gasteiger partial charge is 0.490 e. The van der Waals surface area contributed by atoms with Crippen molar-refractivity contribution in [2.45, 2.75) is 90.9 Å². The van der Waals surface area contributed by atoms with E-state index in [0.717, 1.165) is 5.56 Å². The van der Waals surface area contributed by atoms with Crippen LogP contribution in [0, 0.1) is 11.8 Å². The van der Waals surface area contributed by atoms with Crippen LogP contribution in [0.25, 0.3) is 0 Å². The minimum absolute atomic E-state index is 0.0355. The van der Waals surface area contributed by atoms with Gasteiger partial charge in [-0.25, -0.2) is 0 Å². The highest BCUT2D eigenvalue weighted by Gasteiger charge is 2.51. The number of carbonyl (C=O) groups is 2. The highest BCUT2D eigenvalue weighted by molar-refractivity contribution is 7.94. The second-order valence-electron chi connectivity index (χ2n) is 10.6. The second kappa shape index (κ2) is 16.9. The van der Waals surface area contributed by atoms with Gasteiger partial charge in [0.15, 0.2) is 4.99 Å². The SMILES string of the molecule is CCC(=O)OC(OP(=O)(OC(OC(=O)CC)C(C)C)C(CC(Cc1ccccc1)Oc1ccccc1)S(=O)(=O)O)C(C)C. The fourth-order valence-corrected chi connectivity index (χ4v) is 7.84. The Morgan fingerprint density at radius 1 is 0.791 bits per heavy atom. The van der Waals surface area contributed by atoms with Gasteiger partial charge in [0.05, 0.1) is 0 Å². The van der Waals surface area contributed by atoms with Crippen molar-refractivity contribution in [3.63, 3.8) is 0 Å². The van der Waals surface area contributed by atoms with E-state index < -0.39 is 71.6 Å². The van der Waals surface area contributed by atoms with Crippen LogP contribution in [-0.2, 0) is 49.2 Å². The third kappa shape index (κ3) is 12.0. The maximum Gasteiger partial charge on any atom is 0.357 e. The van der Waals surface area contributed by atoms with Gasteiger partial charge < -0.3 is 14.2 Å². The Bertz CT molecular complexity index is 1220. The van der Waals surface area contributed by atoms with Gasteiger partial charge in [0.2, 0.25) is 12.6 Å². The molecule has 240 valence electrons. The molecule has 2 rings (SSSR count). The fourth-order valence-electron chi connectivity index (χ4n) is 3.81. The molecular weight excluding hydrogens is 599 g/mol. The van der Waals surface area contributed by atoms with Gasteiger partial charge in [-0.05, 0) is 17.7 Å². The zero-order valence-corrected chi connectivity index (χ0v) is 27.2. The van der Waals surface area contributed by atoms with Crippen molar-refractivity contribution in [3.05, 3.63) is 66.2 Å². The second-order valence-corrected chi connectivity index (χ2v) is 14.7. The number of para-hydroxylation sites is 1. The molecule has 0 saturated carbocycles. The summed E-state index contributed by atoms with van der Waals surface area (Å²) in [6.07, 6.45) is -4.45. The first kappa shape index (κ1) is 36.4. The number of hydrogen-bond acceptors (Lipinski definition) is 10. The lowest BCUT2D eigenvalue weighted by Crippen LogP contribution is -2.37. The topological polar surface area (TPSA) is 152 Å². The molecule has 2 aromatic carbocycles. The molecule has 1 N–H and O–H groups in total. The molecule has 0 aliphatic carbocycles. The summed E-state index contributed by atoms with van der Waals surface area (Å²) in [6.45, 7) is 9.51. The van der Waals surface area contributed by atoms with E-state index >= 15 is 0 Å². The quantitative estimate of drug-likeness (QED) is 0.0835. The van der Waals surface area contributed by atoms with Crippen LogP contribution < -0.4 is 4.74 Å². The number of esters is 2. The standard InChI is InChI=1S/C30H43O11PS/c1-7-26(31)38-29(21(3)4)40-42(33,41-30(22(5)6)39-27(32)8-2)28(43(34,35)36)20-25(19-23-15-11-9-12-16-23)37-24-17-13-10-14-18-24/h9-18,21-22,25,28-30H,7-8,19-20H2,1-6H3,(H,34,35,36). The molecule has 4 unspecified atom stereocenters. The van der Waals surface area contributed by atoms with Crippen LogP contribution >= 0.6 is 7.60 Å². The van der Waals surface area contributed by atoms with Crippen LogP contribution in [0.1, 0.15) is 66.4 Å². The van der Waals surface area contributed by atoms with E-state index in [0.29, 0.717) is 5.75 Å². The molecule has 0 aliphatic heterocycles. The van der Waals surface area contributed by atoms with Crippen LogP contribution in [0.2, 0.25) is 0 Å². The smallest absolute Gasteiger partial charge is 0.357 e. The summed E-state index contributed by atoms with van der Waals surface area (Å²) in [7, 11) is -10.2. The van der Waals surface area contributed by atoms with Gasteiger partial charge in [0.25, 0.3) is 10.1 Å². The zero-order chi connectivity index (χ0) is 32.2. The maximum absolute atomic E-state index is 14.7. The molecule has 4 atom stereocenters. The fraction of sp³-hybridized carbons (Fsp3) is 0.533. The Hall–Kier alpha value is -2.76. The molecule has 2 aromatic rings. The predicted molar refractivity (Wildman–Crippen MR) is 161 cm³/mol. The lowest BCUT2D eigenvalue weighted by atomic mass is 10.1. The number of benzene rings is 2. The minimum atomic E-state index is -5.19. The van der Waals surface area contributed by atoms with E-state index in [9.17, 15) is 27.1 Å². The third-order valence-electron chi connectivity index (χ3n) is 6.18. The van der Waals surface area contributed by atoms with E-state index in [2.05, 4.69) is 0 Å². The maximum atomic E-state index is 14.7. The molecule has 43 heavy (non-hydrogen) atoms. The van der Waals surface area contributed by atoms with Gasteiger partial charge in [0.1, 0.15) is 11.9 Å². The van der Waals surface area contributed by atoms with Gasteiger partial charge in [0, 0.05) is 37.5 Å². The van der Waals surface area contributed by atoms with Crippen LogP contribution in [-0.4, -0.2) is 48.6 Å². The molecule has 0 fully saturated rings. The molecule has 0 heterocycles. The van der Waals surface area contributed by atoms with Crippen LogP contribution in [0.4, 0.5) is 0 Å². The summed E-state index contributed by atoms with van der Waals surface area (Å²) in [6, 6.07) is 17.6. The van der Waals surface area contributed by atoms with Gasteiger partial charge in [-0.3, -0.25) is 27.8 Å². The summed E-state index contributed by atoms with van der Waals surface area (Å²) in [5, 5.41) is 0. The predicted octanol–water partition coefficient (Wildman–Crippen LogP) is 6.38. The first-order valence-electron chi connectivity index (χ1n) is 14.3. The van der Waals surface area contributed by atoms with E-state index in [1.165, 1.54) is 0 Å². The lowest BCUT2D eigenvalue weighted by Gasteiger charge is -2.34. The van der Waals surface area contributed by atoms with Gasteiger partial charge in [-0.15, -0.1) is 0 Å². The lowest BCUT2D eigenvalue weighted by molar-refractivity contribution is -0.179. The summed E-state index contributed by atoms with van der Waals surface area (Å²) in [4.78, 5) is 22.2. The first-order chi connectivity index (χ1) is 20.2. The molecule has 0 bridgehead atoms. The van der Waals surface area contributed by atoms with Gasteiger partial charge in [-0.1, -0.05) is 90.1 Å². The van der Waals surface area contributed by atoms with E-state index in [1.54, 1.807) is 84.0 Å². The van der Waals surface area contributed by atoms with Crippen molar-refractivity contribution in [1.82, 2.24) is 0 Å². The Morgan fingerprint density at radius 3 is 1.63 bits per heavy atom. The molecule has 0 aromatic heterocycles. The van der Waals surface area contributed by atoms with E-state index in [4.69, 9.17) is 23.3 Å². The van der Waals surface area contributed by atoms with Crippen molar-refractivity contribution >= 4 is 29.7 Å². The Labute approximate surface area is 254 Å². The molecule has 0 radical (unpaired) electrons. The van der Waals surface area contributed by atoms with Crippen molar-refractivity contribution in [2.24, 2.45) is 11.8 Å². The Kier molecular flexibility index (Phi) is 14.3. The summed E-state index contributed by atoms with van der Waals surface area (Å²) in [5.41, 5.74) is 0.781. The number of rotatable bonds is 18. The van der Waals surface area contributed by atoms with E-state index in [1.807, 2.05) is 18.2 Å². The highest BCUT2D eigenvalue weighted by Crippen LogP contribution is 2.59. The first-order valence-corrected chi connectivity index (χ1v) is 17.4. The third-order valence-corrected chi connectivity index (χ3v) is 10.5. The summed E-state index contributed by atoms with van der Waals surface area (Å²) >= 11 is 0. The van der Waals surface area contributed by atoms with Crippen LogP contribution in [0.3, 0.4) is 0 Å². The number of ether oxygens (including phenoxy) is 3. The van der Waals surface area contributed by atoms with Crippen molar-refractivity contribution < 1.29 is 50.4 Å². The monoisotopic (exact) mass is 642 g/mol. The van der Waals surface area contributed by atoms with Crippen LogP contribution in [0.5, 0.6) is 5.75 Å². The van der Waals surface area contributed by atoms with Crippen molar-refractivity contribution in [2.75, 3.05) is 0 Å². The molecular formula is C30H43O11PS. The Balaban J connectivity index is 2.64. The molecule has 0 saturated heterocycles. The molecule has 0 aliphatic rings. The van der Waals surface area contributed by atoms with Crippen LogP contribution in [0.15, 0.2) is 60.7 Å². The molecule has 13 heteroatoms. The van der Waals surface area contributed by atoms with Gasteiger partial charge >= 0.3 is 19.5 Å². The number of carbonyl (C=O) groups excluding carboxylic acids is 2. The molecule has 11 nitrogen and oxygen atoms in total. The Morgan fingerprint density at radius 2 is 1.23 bits per heavy atom. The number of hydrogen-bond donors (Lipinski definition) is 1. The average molecular weight is 643 g/mol.